The molecule has 0 aromatic heterocycles. The van der Waals surface area contributed by atoms with Crippen molar-refractivity contribution in [2.75, 3.05) is 0 Å². The quantitative estimate of drug-likeness (QED) is 0.551. The molecule has 1 aromatic rings. The zero-order valence-corrected chi connectivity index (χ0v) is 5.77. The maximum Gasteiger partial charge on any atom is 0.183 e. The maximum atomic E-state index is 4.79. The van der Waals surface area contributed by atoms with Crippen molar-refractivity contribution in [2.45, 2.75) is 0 Å². The summed E-state index contributed by atoms with van der Waals surface area (Å²) in [5.74, 6) is 0. The van der Waals surface area contributed by atoms with Gasteiger partial charge < -0.3 is 4.74 Å². The zero-order valence-electron chi connectivity index (χ0n) is 5.77. The summed E-state index contributed by atoms with van der Waals surface area (Å²) in [5.41, 5.74) is 1.67. The largest absolute Gasteiger partial charge is 0.434 e. The van der Waals surface area contributed by atoms with Gasteiger partial charge in [-0.3, -0.25) is 0 Å². The molecule has 0 bridgehead atoms. The number of nitrogens with zero attached hydrogens (tertiary/aromatic N) is 2. The minimum atomic E-state index is 0.834. The summed E-state index contributed by atoms with van der Waals surface area (Å²) in [6.07, 6.45) is 2.74. The molecule has 11 heavy (non-hydrogen) atoms. The first kappa shape index (κ1) is 6.09. The molecule has 54 valence electrons. The molecule has 1 aromatic carbocycles. The Morgan fingerprint density at radius 1 is 0.909 bits per heavy atom. The Hall–Kier alpha value is -1.64. The molecule has 0 saturated carbocycles. The summed E-state index contributed by atoms with van der Waals surface area (Å²) in [6.45, 7) is 0. The first-order valence-electron chi connectivity index (χ1n) is 3.26. The van der Waals surface area contributed by atoms with Crippen LogP contribution in [-0.4, -0.2) is 12.8 Å². The van der Waals surface area contributed by atoms with E-state index >= 15 is 0 Å². The van der Waals surface area contributed by atoms with Gasteiger partial charge in [-0.25, -0.2) is 9.98 Å². The van der Waals surface area contributed by atoms with Gasteiger partial charge in [0.05, 0.1) is 11.4 Å². The highest BCUT2D eigenvalue weighted by atomic mass is 16.5. The van der Waals surface area contributed by atoms with Crippen LogP contribution in [-0.2, 0) is 4.74 Å². The number of rotatable bonds is 0. The lowest BCUT2D eigenvalue weighted by atomic mass is 10.3. The summed E-state index contributed by atoms with van der Waals surface area (Å²) in [5, 5.41) is 0. The van der Waals surface area contributed by atoms with Crippen molar-refractivity contribution >= 4 is 24.2 Å². The summed E-state index contributed by atoms with van der Waals surface area (Å²) in [6, 6.07) is 7.60. The van der Waals surface area contributed by atoms with Crippen molar-refractivity contribution in [2.24, 2.45) is 9.98 Å². The first-order chi connectivity index (χ1) is 5.47. The number of ether oxygens (including phenoxy) is 1. The Bertz CT molecular complexity index is 287. The Morgan fingerprint density at radius 2 is 1.45 bits per heavy atom. The zero-order chi connectivity index (χ0) is 7.52. The molecule has 0 saturated heterocycles. The highest BCUT2D eigenvalue weighted by Gasteiger charge is 1.98. The lowest BCUT2D eigenvalue weighted by Crippen LogP contribution is -1.77. The van der Waals surface area contributed by atoms with E-state index in [0.29, 0.717) is 0 Å². The Balaban J connectivity index is 2.58. The lowest BCUT2D eigenvalue weighted by Gasteiger charge is -1.93. The van der Waals surface area contributed by atoms with Crippen molar-refractivity contribution in [3.63, 3.8) is 0 Å². The van der Waals surface area contributed by atoms with Crippen LogP contribution >= 0.6 is 0 Å². The van der Waals surface area contributed by atoms with Crippen molar-refractivity contribution in [1.82, 2.24) is 0 Å². The van der Waals surface area contributed by atoms with Crippen LogP contribution in [0.3, 0.4) is 0 Å². The Morgan fingerprint density at radius 3 is 2.00 bits per heavy atom. The third-order valence-electron chi connectivity index (χ3n) is 1.39. The molecule has 0 atom stereocenters. The van der Waals surface area contributed by atoms with Crippen LogP contribution in [0.25, 0.3) is 0 Å². The van der Waals surface area contributed by atoms with Gasteiger partial charge in [-0.1, -0.05) is 12.1 Å². The van der Waals surface area contributed by atoms with E-state index < -0.39 is 0 Å². The minimum absolute atomic E-state index is 0.834. The highest BCUT2D eigenvalue weighted by Crippen LogP contribution is 2.27. The van der Waals surface area contributed by atoms with E-state index in [2.05, 4.69) is 9.98 Å². The number of hydrogen-bond donors (Lipinski definition) is 0. The topological polar surface area (TPSA) is 34.0 Å². The molecule has 1 aliphatic rings. The lowest BCUT2D eigenvalue weighted by molar-refractivity contribution is 0.597. The monoisotopic (exact) mass is 146 g/mol. The fourth-order valence-electron chi connectivity index (χ4n) is 0.884. The summed E-state index contributed by atoms with van der Waals surface area (Å²) >= 11 is 0. The van der Waals surface area contributed by atoms with E-state index in [4.69, 9.17) is 4.74 Å². The van der Waals surface area contributed by atoms with Crippen LogP contribution in [0.2, 0.25) is 0 Å². The van der Waals surface area contributed by atoms with Crippen LogP contribution in [0.1, 0.15) is 0 Å². The summed E-state index contributed by atoms with van der Waals surface area (Å²) < 4.78 is 4.79. The number of para-hydroxylation sites is 2. The predicted molar refractivity (Wildman–Crippen MR) is 43.8 cm³/mol. The second kappa shape index (κ2) is 2.54. The minimum Gasteiger partial charge on any atom is -0.434 e. The molecule has 3 nitrogen and oxygen atoms in total. The van der Waals surface area contributed by atoms with E-state index in [-0.39, 0.29) is 0 Å². The van der Waals surface area contributed by atoms with E-state index in [1.807, 2.05) is 24.3 Å². The van der Waals surface area contributed by atoms with Crippen LogP contribution in [0.15, 0.2) is 34.3 Å². The fraction of sp³-hybridized carbons (Fsp3) is 0. The molecule has 0 aliphatic carbocycles. The second-order valence-electron chi connectivity index (χ2n) is 2.09. The van der Waals surface area contributed by atoms with Crippen LogP contribution in [0, 0.1) is 0 Å². The van der Waals surface area contributed by atoms with Crippen LogP contribution < -0.4 is 0 Å². The Labute approximate surface area is 64.1 Å². The number of benzene rings is 1. The van der Waals surface area contributed by atoms with E-state index in [1.165, 1.54) is 12.8 Å². The van der Waals surface area contributed by atoms with Crippen molar-refractivity contribution in [3.8, 4) is 0 Å². The van der Waals surface area contributed by atoms with Gasteiger partial charge in [-0.05, 0) is 12.1 Å². The molecule has 1 heterocycles. The van der Waals surface area contributed by atoms with Gasteiger partial charge in [-0.15, -0.1) is 0 Å². The highest BCUT2D eigenvalue weighted by molar-refractivity contribution is 5.77. The van der Waals surface area contributed by atoms with Crippen LogP contribution in [0.4, 0.5) is 11.4 Å². The molecule has 0 radical (unpaired) electrons. The van der Waals surface area contributed by atoms with Gasteiger partial charge in [0.25, 0.3) is 0 Å². The molecule has 2 rings (SSSR count). The van der Waals surface area contributed by atoms with Crippen LogP contribution in [0.5, 0.6) is 0 Å². The molecule has 0 fully saturated rings. The average molecular weight is 146 g/mol. The number of hydrogen-bond acceptors (Lipinski definition) is 3. The second-order valence-corrected chi connectivity index (χ2v) is 2.09. The third kappa shape index (κ3) is 1.12. The number of fused-ring (bicyclic) bond motifs is 1. The molecule has 0 amide bonds. The molecular formula is C8H6N2O. The standard InChI is InChI=1S/C8H6N2O/c1-2-4-8-7(3-1)9-5-11-6-10-8/h1-6H. The molecule has 0 unspecified atom stereocenters. The van der Waals surface area contributed by atoms with Gasteiger partial charge in [-0.2, -0.15) is 0 Å². The summed E-state index contributed by atoms with van der Waals surface area (Å²) in [7, 11) is 0. The van der Waals surface area contributed by atoms with Crippen molar-refractivity contribution in [1.29, 1.82) is 0 Å². The van der Waals surface area contributed by atoms with Gasteiger partial charge >= 0.3 is 0 Å². The summed E-state index contributed by atoms with van der Waals surface area (Å²) in [4.78, 5) is 8.03. The average Bonchev–Trinajstić information content (AvgIpc) is 2.28. The SMILES string of the molecule is C1=Nc2ccccc2N=CO1. The molecule has 0 N–H and O–H groups in total. The fourth-order valence-corrected chi connectivity index (χ4v) is 0.884. The van der Waals surface area contributed by atoms with Gasteiger partial charge in [0, 0.05) is 0 Å². The predicted octanol–water partition coefficient (Wildman–Crippen LogP) is 2.04. The smallest absolute Gasteiger partial charge is 0.183 e. The normalized spacial score (nSPS) is 13.5. The third-order valence-corrected chi connectivity index (χ3v) is 1.39. The van der Waals surface area contributed by atoms with Gasteiger partial charge in [0.2, 0.25) is 0 Å². The molecule has 1 aliphatic heterocycles. The van der Waals surface area contributed by atoms with E-state index in [0.717, 1.165) is 11.4 Å². The maximum absolute atomic E-state index is 4.79. The van der Waals surface area contributed by atoms with Crippen molar-refractivity contribution in [3.05, 3.63) is 24.3 Å². The van der Waals surface area contributed by atoms with E-state index in [1.54, 1.807) is 0 Å². The molecule has 3 heteroatoms. The van der Waals surface area contributed by atoms with Gasteiger partial charge in [0.1, 0.15) is 0 Å². The number of aliphatic imine (C=N–C) groups is 2. The Kier molecular flexibility index (Phi) is 1.41. The first-order valence-corrected chi connectivity index (χ1v) is 3.26. The van der Waals surface area contributed by atoms with Crippen molar-refractivity contribution < 1.29 is 4.74 Å². The van der Waals surface area contributed by atoms with Gasteiger partial charge in [0.15, 0.2) is 12.8 Å². The molecular weight excluding hydrogens is 140 g/mol. The van der Waals surface area contributed by atoms with E-state index in [9.17, 15) is 0 Å². The molecule has 0 spiro atoms.